The second-order valence-corrected chi connectivity index (χ2v) is 4.45. The Hall–Kier alpha value is -2.77. The zero-order chi connectivity index (χ0) is 17.0. The van der Waals surface area contributed by atoms with Gasteiger partial charge < -0.3 is 14.8 Å². The molecule has 122 valence electrons. The third kappa shape index (κ3) is 3.91. The van der Waals surface area contributed by atoms with E-state index in [2.05, 4.69) is 10.3 Å². The van der Waals surface area contributed by atoms with E-state index in [4.69, 9.17) is 9.47 Å². The van der Waals surface area contributed by atoms with Crippen molar-refractivity contribution in [1.82, 2.24) is 4.98 Å². The minimum Gasteiger partial charge on any atom is -0.497 e. The number of halogens is 3. The third-order valence-electron chi connectivity index (χ3n) is 2.97. The van der Waals surface area contributed by atoms with Crippen molar-refractivity contribution in [3.05, 3.63) is 47.8 Å². The number of hydrogen-bond acceptors (Lipinski definition) is 4. The molecule has 2 rings (SSSR count). The number of benzene rings is 1. The number of ether oxygens (including phenoxy) is 2. The van der Waals surface area contributed by atoms with Crippen LogP contribution >= 0.6 is 0 Å². The third-order valence-corrected chi connectivity index (χ3v) is 2.97. The van der Waals surface area contributed by atoms with Crippen molar-refractivity contribution in [3.8, 4) is 11.5 Å². The highest BCUT2D eigenvalue weighted by Gasteiger charge is 2.32. The first kappa shape index (κ1) is 16.6. The molecule has 0 spiro atoms. The zero-order valence-electron chi connectivity index (χ0n) is 12.3. The number of anilines is 1. The maximum Gasteiger partial charge on any atom is 0.433 e. The van der Waals surface area contributed by atoms with Crippen molar-refractivity contribution in [2.75, 3.05) is 19.5 Å². The molecule has 0 bridgehead atoms. The largest absolute Gasteiger partial charge is 0.497 e. The smallest absolute Gasteiger partial charge is 0.433 e. The Morgan fingerprint density at radius 1 is 1.13 bits per heavy atom. The van der Waals surface area contributed by atoms with E-state index in [1.165, 1.54) is 20.3 Å². The average Bonchev–Trinajstić information content (AvgIpc) is 2.54. The van der Waals surface area contributed by atoms with Crippen LogP contribution in [-0.4, -0.2) is 25.1 Å². The van der Waals surface area contributed by atoms with Gasteiger partial charge in [0.25, 0.3) is 5.91 Å². The molecule has 0 fully saturated rings. The Morgan fingerprint density at radius 2 is 1.87 bits per heavy atom. The summed E-state index contributed by atoms with van der Waals surface area (Å²) in [6, 6.07) is 6.58. The number of alkyl halides is 3. The van der Waals surface area contributed by atoms with E-state index >= 15 is 0 Å². The van der Waals surface area contributed by atoms with E-state index in [1.54, 1.807) is 12.1 Å². The summed E-state index contributed by atoms with van der Waals surface area (Å²) in [5.41, 5.74) is -0.743. The van der Waals surface area contributed by atoms with Gasteiger partial charge in [-0.2, -0.15) is 13.2 Å². The van der Waals surface area contributed by atoms with E-state index in [1.807, 2.05) is 0 Å². The van der Waals surface area contributed by atoms with Crippen LogP contribution in [0, 0.1) is 0 Å². The monoisotopic (exact) mass is 326 g/mol. The van der Waals surface area contributed by atoms with E-state index in [-0.39, 0.29) is 5.56 Å². The Balaban J connectivity index is 2.22. The summed E-state index contributed by atoms with van der Waals surface area (Å²) < 4.78 is 47.5. The normalized spacial score (nSPS) is 11.0. The second-order valence-electron chi connectivity index (χ2n) is 4.45. The number of hydrogen-bond donors (Lipinski definition) is 1. The topological polar surface area (TPSA) is 60.5 Å². The van der Waals surface area contributed by atoms with Gasteiger partial charge in [0.1, 0.15) is 17.2 Å². The van der Waals surface area contributed by atoms with Crippen molar-refractivity contribution in [2.45, 2.75) is 6.18 Å². The highest BCUT2D eigenvalue weighted by Crippen LogP contribution is 2.30. The molecule has 0 aliphatic heterocycles. The van der Waals surface area contributed by atoms with Crippen LogP contribution in [0.1, 0.15) is 16.1 Å². The molecule has 0 saturated heterocycles. The number of nitrogens with one attached hydrogen (secondary N) is 1. The first-order chi connectivity index (χ1) is 10.8. The predicted molar refractivity (Wildman–Crippen MR) is 76.7 cm³/mol. The van der Waals surface area contributed by atoms with Crippen LogP contribution in [0.3, 0.4) is 0 Å². The first-order valence-corrected chi connectivity index (χ1v) is 6.42. The average molecular weight is 326 g/mol. The fraction of sp³-hybridized carbons (Fsp3) is 0.200. The van der Waals surface area contributed by atoms with E-state index in [9.17, 15) is 18.0 Å². The predicted octanol–water partition coefficient (Wildman–Crippen LogP) is 3.37. The lowest BCUT2D eigenvalue weighted by atomic mass is 10.2. The van der Waals surface area contributed by atoms with Crippen LogP contribution in [0.25, 0.3) is 0 Å². The molecule has 1 aromatic heterocycles. The molecule has 0 saturated carbocycles. The molecule has 0 unspecified atom stereocenters. The number of aromatic nitrogens is 1. The Kier molecular flexibility index (Phi) is 4.73. The van der Waals surface area contributed by atoms with Crippen LogP contribution in [0.4, 0.5) is 18.9 Å². The molecular weight excluding hydrogens is 313 g/mol. The van der Waals surface area contributed by atoms with Gasteiger partial charge in [0, 0.05) is 12.3 Å². The molecular formula is C15H13F3N2O3. The van der Waals surface area contributed by atoms with Crippen molar-refractivity contribution in [1.29, 1.82) is 0 Å². The Morgan fingerprint density at radius 3 is 2.39 bits per heavy atom. The molecule has 0 aliphatic rings. The quantitative estimate of drug-likeness (QED) is 0.936. The fourth-order valence-corrected chi connectivity index (χ4v) is 1.80. The summed E-state index contributed by atoms with van der Waals surface area (Å²) in [4.78, 5) is 15.4. The summed E-state index contributed by atoms with van der Waals surface area (Å²) in [6.07, 6.45) is -3.68. The lowest BCUT2D eigenvalue weighted by molar-refractivity contribution is -0.141. The molecule has 1 heterocycles. The molecule has 1 aromatic carbocycles. The molecule has 1 N–H and O–H groups in total. The number of nitrogens with zero attached hydrogens (tertiary/aromatic N) is 1. The number of methoxy groups -OCH3 is 2. The summed E-state index contributed by atoms with van der Waals surface area (Å²) in [7, 11) is 2.89. The van der Waals surface area contributed by atoms with Crippen LogP contribution in [0.15, 0.2) is 36.5 Å². The molecule has 5 nitrogen and oxygen atoms in total. The number of rotatable bonds is 4. The molecule has 2 aromatic rings. The molecule has 0 radical (unpaired) electrons. The van der Waals surface area contributed by atoms with Crippen molar-refractivity contribution >= 4 is 11.6 Å². The summed E-state index contributed by atoms with van der Waals surface area (Å²) in [6.45, 7) is 0. The van der Waals surface area contributed by atoms with Crippen LogP contribution in [0.5, 0.6) is 11.5 Å². The van der Waals surface area contributed by atoms with Gasteiger partial charge in [0.2, 0.25) is 0 Å². The van der Waals surface area contributed by atoms with Gasteiger partial charge in [0.05, 0.1) is 25.5 Å². The number of carbonyl (C=O) groups is 1. The highest BCUT2D eigenvalue weighted by atomic mass is 19.4. The standard InChI is InChI=1S/C15H13F3N2O3/c1-22-10-4-5-12(23-2)11(7-10)20-14(21)9-3-6-13(19-8-9)15(16,17)18/h3-8H,1-2H3,(H,20,21). The Labute approximate surface area is 130 Å². The number of pyridine rings is 1. The van der Waals surface area contributed by atoms with Gasteiger partial charge in [-0.15, -0.1) is 0 Å². The maximum absolute atomic E-state index is 12.5. The van der Waals surface area contributed by atoms with Gasteiger partial charge in [-0.3, -0.25) is 9.78 Å². The minimum absolute atomic E-state index is 0.0112. The number of carbonyl (C=O) groups excluding carboxylic acids is 1. The lowest BCUT2D eigenvalue weighted by Gasteiger charge is -2.12. The zero-order valence-corrected chi connectivity index (χ0v) is 12.3. The minimum atomic E-state index is -4.55. The van der Waals surface area contributed by atoms with Crippen molar-refractivity contribution in [2.24, 2.45) is 0 Å². The SMILES string of the molecule is COc1ccc(OC)c(NC(=O)c2ccc(C(F)(F)F)nc2)c1. The fourth-order valence-electron chi connectivity index (χ4n) is 1.80. The molecule has 1 amide bonds. The summed E-state index contributed by atoms with van der Waals surface area (Å²) in [5, 5.41) is 2.55. The van der Waals surface area contributed by atoms with E-state index in [0.717, 1.165) is 18.3 Å². The maximum atomic E-state index is 12.5. The van der Waals surface area contributed by atoms with Crippen LogP contribution < -0.4 is 14.8 Å². The first-order valence-electron chi connectivity index (χ1n) is 6.42. The van der Waals surface area contributed by atoms with Gasteiger partial charge in [0.15, 0.2) is 0 Å². The van der Waals surface area contributed by atoms with Gasteiger partial charge in [-0.25, -0.2) is 0 Å². The molecule has 0 atom stereocenters. The highest BCUT2D eigenvalue weighted by molar-refractivity contribution is 6.04. The molecule has 0 aliphatic carbocycles. The van der Waals surface area contributed by atoms with E-state index in [0.29, 0.717) is 17.2 Å². The second kappa shape index (κ2) is 6.55. The Bertz CT molecular complexity index is 700. The lowest BCUT2D eigenvalue weighted by Crippen LogP contribution is -2.14. The summed E-state index contributed by atoms with van der Waals surface area (Å²) >= 11 is 0. The van der Waals surface area contributed by atoms with Crippen molar-refractivity contribution in [3.63, 3.8) is 0 Å². The summed E-state index contributed by atoms with van der Waals surface area (Å²) in [5.74, 6) is 0.267. The van der Waals surface area contributed by atoms with Gasteiger partial charge >= 0.3 is 6.18 Å². The number of amides is 1. The van der Waals surface area contributed by atoms with Crippen LogP contribution in [0.2, 0.25) is 0 Å². The van der Waals surface area contributed by atoms with Gasteiger partial charge in [-0.05, 0) is 24.3 Å². The molecule has 8 heteroatoms. The van der Waals surface area contributed by atoms with Crippen molar-refractivity contribution < 1.29 is 27.4 Å². The van der Waals surface area contributed by atoms with Gasteiger partial charge in [-0.1, -0.05) is 0 Å². The van der Waals surface area contributed by atoms with E-state index < -0.39 is 17.8 Å². The van der Waals surface area contributed by atoms with Crippen LogP contribution in [-0.2, 0) is 6.18 Å². The molecule has 23 heavy (non-hydrogen) atoms.